The molecule has 0 aliphatic carbocycles. The Morgan fingerprint density at radius 1 is 1.44 bits per heavy atom. The minimum atomic E-state index is -3.23. The number of nitrogens with one attached hydrogen (secondary N) is 1. The quantitative estimate of drug-likeness (QED) is 0.790. The van der Waals surface area contributed by atoms with Crippen molar-refractivity contribution in [3.63, 3.8) is 0 Å². The number of rotatable bonds is 6. The van der Waals surface area contributed by atoms with Crippen molar-refractivity contribution in [3.05, 3.63) is 29.6 Å². The minimum Gasteiger partial charge on any atom is -0.257 e. The van der Waals surface area contributed by atoms with E-state index in [-0.39, 0.29) is 12.3 Å². The number of sulfonamides is 1. The van der Waals surface area contributed by atoms with Crippen molar-refractivity contribution in [2.45, 2.75) is 19.9 Å². The summed E-state index contributed by atoms with van der Waals surface area (Å²) < 4.78 is 25.4. The van der Waals surface area contributed by atoms with Crippen LogP contribution in [-0.2, 0) is 16.6 Å². The smallest absolute Gasteiger partial charge is 0.211 e. The molecule has 0 bridgehead atoms. The maximum Gasteiger partial charge on any atom is 0.211 e. The molecule has 1 aromatic rings. The molecule has 0 aliphatic rings. The van der Waals surface area contributed by atoms with Crippen LogP contribution in [0.1, 0.15) is 17.8 Å². The zero-order valence-corrected chi connectivity index (χ0v) is 10.7. The predicted molar refractivity (Wildman–Crippen MR) is 64.9 cm³/mol. The average molecular weight is 263 g/mol. The van der Waals surface area contributed by atoms with E-state index in [0.29, 0.717) is 12.3 Å². The third-order valence-corrected chi connectivity index (χ3v) is 3.64. The van der Waals surface area contributed by atoms with Crippen molar-refractivity contribution in [1.29, 1.82) is 0 Å². The van der Waals surface area contributed by atoms with Crippen molar-refractivity contribution in [2.75, 3.05) is 11.6 Å². The first-order valence-electron chi connectivity index (χ1n) is 4.99. The number of hydrogen-bond acceptors (Lipinski definition) is 3. The van der Waals surface area contributed by atoms with Crippen LogP contribution < -0.4 is 4.72 Å². The van der Waals surface area contributed by atoms with Crippen LogP contribution in [0.4, 0.5) is 0 Å². The molecule has 1 N–H and O–H groups in total. The third-order valence-electron chi connectivity index (χ3n) is 1.97. The Morgan fingerprint density at radius 3 is 2.81 bits per heavy atom. The molecule has 0 saturated carbocycles. The van der Waals surface area contributed by atoms with E-state index >= 15 is 0 Å². The second kappa shape index (κ2) is 6.18. The highest BCUT2D eigenvalue weighted by molar-refractivity contribution is 7.89. The van der Waals surface area contributed by atoms with E-state index in [0.717, 1.165) is 11.4 Å². The lowest BCUT2D eigenvalue weighted by atomic mass is 10.3. The van der Waals surface area contributed by atoms with Crippen LogP contribution in [0.25, 0.3) is 0 Å². The van der Waals surface area contributed by atoms with E-state index in [1.807, 2.05) is 19.1 Å². The summed E-state index contributed by atoms with van der Waals surface area (Å²) in [5, 5.41) is 0. The minimum absolute atomic E-state index is 0.0579. The summed E-state index contributed by atoms with van der Waals surface area (Å²) in [7, 11) is -3.23. The van der Waals surface area contributed by atoms with E-state index in [1.165, 1.54) is 0 Å². The zero-order chi connectivity index (χ0) is 12.0. The highest BCUT2D eigenvalue weighted by Gasteiger charge is 2.09. The van der Waals surface area contributed by atoms with Crippen LogP contribution in [0.2, 0.25) is 0 Å². The van der Waals surface area contributed by atoms with Gasteiger partial charge in [0.25, 0.3) is 0 Å². The number of hydrogen-bond donors (Lipinski definition) is 1. The fourth-order valence-electron chi connectivity index (χ4n) is 1.20. The molecule has 0 aliphatic heterocycles. The van der Waals surface area contributed by atoms with Gasteiger partial charge in [-0.1, -0.05) is 6.07 Å². The first-order chi connectivity index (χ1) is 7.53. The van der Waals surface area contributed by atoms with Gasteiger partial charge in [-0.05, 0) is 25.5 Å². The van der Waals surface area contributed by atoms with Gasteiger partial charge in [-0.2, -0.15) is 0 Å². The second-order valence-electron chi connectivity index (χ2n) is 3.45. The molecule has 4 nitrogen and oxygen atoms in total. The molecule has 0 saturated heterocycles. The third kappa shape index (κ3) is 4.92. The molecule has 0 atom stereocenters. The fraction of sp³-hybridized carbons (Fsp3) is 0.500. The predicted octanol–water partition coefficient (Wildman–Crippen LogP) is 1.44. The van der Waals surface area contributed by atoms with E-state index in [1.54, 1.807) is 6.07 Å². The zero-order valence-electron chi connectivity index (χ0n) is 9.11. The van der Waals surface area contributed by atoms with Crippen LogP contribution in [0.15, 0.2) is 18.2 Å². The molecule has 1 heterocycles. The molecule has 6 heteroatoms. The monoisotopic (exact) mass is 262 g/mol. The van der Waals surface area contributed by atoms with Gasteiger partial charge in [-0.3, -0.25) is 4.98 Å². The largest absolute Gasteiger partial charge is 0.257 e. The van der Waals surface area contributed by atoms with Crippen molar-refractivity contribution in [1.82, 2.24) is 9.71 Å². The van der Waals surface area contributed by atoms with Crippen LogP contribution in [0.3, 0.4) is 0 Å². The Hall–Kier alpha value is -0.650. The first-order valence-corrected chi connectivity index (χ1v) is 7.18. The van der Waals surface area contributed by atoms with Crippen LogP contribution in [0, 0.1) is 6.92 Å². The van der Waals surface area contributed by atoms with Crippen LogP contribution in [-0.4, -0.2) is 25.0 Å². The van der Waals surface area contributed by atoms with Gasteiger partial charge < -0.3 is 0 Å². The van der Waals surface area contributed by atoms with Gasteiger partial charge in [0.05, 0.1) is 18.0 Å². The maximum absolute atomic E-state index is 11.5. The highest BCUT2D eigenvalue weighted by atomic mass is 35.5. The summed E-state index contributed by atoms with van der Waals surface area (Å²) in [6, 6.07) is 5.51. The number of alkyl halides is 1. The van der Waals surface area contributed by atoms with Gasteiger partial charge in [0.1, 0.15) is 0 Å². The van der Waals surface area contributed by atoms with Crippen LogP contribution in [0.5, 0.6) is 0 Å². The maximum atomic E-state index is 11.5. The Kier molecular flexibility index (Phi) is 5.18. The molecular formula is C10H15ClN2O2S. The Balaban J connectivity index is 2.51. The fourth-order valence-corrected chi connectivity index (χ4v) is 2.53. The van der Waals surface area contributed by atoms with Crippen molar-refractivity contribution in [3.8, 4) is 0 Å². The molecule has 0 fully saturated rings. The Morgan fingerprint density at radius 2 is 2.19 bits per heavy atom. The normalized spacial score (nSPS) is 11.6. The lowest BCUT2D eigenvalue weighted by Crippen LogP contribution is -2.26. The van der Waals surface area contributed by atoms with Gasteiger partial charge in [0, 0.05) is 11.6 Å². The van der Waals surface area contributed by atoms with Gasteiger partial charge in [-0.15, -0.1) is 11.6 Å². The van der Waals surface area contributed by atoms with Gasteiger partial charge in [0.15, 0.2) is 0 Å². The SMILES string of the molecule is Cc1cccc(CNS(=O)(=O)CCCCl)n1. The summed E-state index contributed by atoms with van der Waals surface area (Å²) in [6.07, 6.45) is 0.456. The molecule has 0 amide bonds. The number of aryl methyl sites for hydroxylation is 1. The van der Waals surface area contributed by atoms with Gasteiger partial charge in [0.2, 0.25) is 10.0 Å². The number of aromatic nitrogens is 1. The average Bonchev–Trinajstić information content (AvgIpc) is 2.24. The van der Waals surface area contributed by atoms with Gasteiger partial charge >= 0.3 is 0 Å². The first kappa shape index (κ1) is 13.4. The lowest BCUT2D eigenvalue weighted by molar-refractivity contribution is 0.579. The summed E-state index contributed by atoms with van der Waals surface area (Å²) in [4.78, 5) is 4.20. The molecule has 16 heavy (non-hydrogen) atoms. The Bertz CT molecular complexity index is 434. The summed E-state index contributed by atoms with van der Waals surface area (Å²) in [5.41, 5.74) is 1.59. The molecule has 0 spiro atoms. The van der Waals surface area contributed by atoms with E-state index in [4.69, 9.17) is 11.6 Å². The van der Waals surface area contributed by atoms with Crippen molar-refractivity contribution in [2.24, 2.45) is 0 Å². The van der Waals surface area contributed by atoms with Crippen LogP contribution >= 0.6 is 11.6 Å². The molecule has 1 rings (SSSR count). The van der Waals surface area contributed by atoms with Crippen molar-refractivity contribution < 1.29 is 8.42 Å². The summed E-state index contributed by atoms with van der Waals surface area (Å²) in [6.45, 7) is 2.10. The topological polar surface area (TPSA) is 59.1 Å². The molecule has 90 valence electrons. The van der Waals surface area contributed by atoms with E-state index in [9.17, 15) is 8.42 Å². The standard InChI is InChI=1S/C10H15ClN2O2S/c1-9-4-2-5-10(13-9)8-12-16(14,15)7-3-6-11/h2,4-5,12H,3,6-8H2,1H3. The van der Waals surface area contributed by atoms with E-state index in [2.05, 4.69) is 9.71 Å². The number of pyridine rings is 1. The molecular weight excluding hydrogens is 248 g/mol. The van der Waals surface area contributed by atoms with Gasteiger partial charge in [-0.25, -0.2) is 13.1 Å². The van der Waals surface area contributed by atoms with Crippen molar-refractivity contribution >= 4 is 21.6 Å². The molecule has 0 unspecified atom stereocenters. The highest BCUT2D eigenvalue weighted by Crippen LogP contribution is 1.99. The summed E-state index contributed by atoms with van der Waals surface area (Å²) >= 11 is 5.44. The molecule has 0 aromatic carbocycles. The molecule has 1 aromatic heterocycles. The van der Waals surface area contributed by atoms with E-state index < -0.39 is 10.0 Å². The lowest BCUT2D eigenvalue weighted by Gasteiger charge is -2.05. The second-order valence-corrected chi connectivity index (χ2v) is 5.76. The Labute approximate surface area is 101 Å². The number of halogens is 1. The number of nitrogens with zero attached hydrogens (tertiary/aromatic N) is 1. The summed E-state index contributed by atoms with van der Waals surface area (Å²) in [5.74, 6) is 0.409. The molecule has 0 radical (unpaired) electrons.